The molecule has 0 atom stereocenters. The van der Waals surface area contributed by atoms with Gasteiger partial charge < -0.3 is 10.2 Å². The van der Waals surface area contributed by atoms with Crippen molar-refractivity contribution in [3.05, 3.63) is 21.3 Å². The second-order valence-electron chi connectivity index (χ2n) is 3.72. The van der Waals surface area contributed by atoms with Crippen molar-refractivity contribution in [2.24, 2.45) is 0 Å². The van der Waals surface area contributed by atoms with Gasteiger partial charge in [-0.25, -0.2) is 0 Å². The molecule has 3 nitrogen and oxygen atoms in total. The van der Waals surface area contributed by atoms with E-state index in [1.807, 2.05) is 30.9 Å². The van der Waals surface area contributed by atoms with Crippen LogP contribution in [0.5, 0.6) is 0 Å². The molecule has 1 heterocycles. The third kappa shape index (κ3) is 5.06. The number of halogens is 1. The summed E-state index contributed by atoms with van der Waals surface area (Å²) in [6.45, 7) is 7.09. The van der Waals surface area contributed by atoms with Gasteiger partial charge in [-0.2, -0.15) is 0 Å². The minimum absolute atomic E-state index is 0.193. The van der Waals surface area contributed by atoms with Crippen molar-refractivity contribution in [3.63, 3.8) is 0 Å². The second-order valence-corrected chi connectivity index (χ2v) is 5.52. The average molecular weight is 275 g/mol. The number of thiophene rings is 1. The lowest BCUT2D eigenvalue weighted by atomic mass is 10.3. The van der Waals surface area contributed by atoms with Gasteiger partial charge >= 0.3 is 0 Å². The quantitative estimate of drug-likeness (QED) is 0.776. The molecule has 0 saturated heterocycles. The fraction of sp³-hybridized carbons (Fsp3) is 0.583. The highest BCUT2D eigenvalue weighted by molar-refractivity contribution is 7.16. The van der Waals surface area contributed by atoms with Gasteiger partial charge in [0.15, 0.2) is 0 Å². The first-order valence-electron chi connectivity index (χ1n) is 5.90. The monoisotopic (exact) mass is 274 g/mol. The Morgan fingerprint density at radius 1 is 1.47 bits per heavy atom. The van der Waals surface area contributed by atoms with E-state index in [-0.39, 0.29) is 5.91 Å². The second kappa shape index (κ2) is 7.69. The van der Waals surface area contributed by atoms with Crippen LogP contribution in [-0.2, 0) is 11.3 Å². The number of nitrogens with zero attached hydrogens (tertiary/aromatic N) is 1. The lowest BCUT2D eigenvalue weighted by Crippen LogP contribution is -2.32. The molecular formula is C12H19ClN2OS. The number of carbonyl (C=O) groups is 1. The summed E-state index contributed by atoms with van der Waals surface area (Å²) in [6.07, 6.45) is 0.556. The number of amides is 1. The molecule has 0 aliphatic heterocycles. The van der Waals surface area contributed by atoms with Gasteiger partial charge in [-0.1, -0.05) is 18.5 Å². The fourth-order valence-electron chi connectivity index (χ4n) is 1.53. The van der Waals surface area contributed by atoms with Crippen LogP contribution in [0.2, 0.25) is 4.34 Å². The Morgan fingerprint density at radius 2 is 2.24 bits per heavy atom. The molecule has 1 N–H and O–H groups in total. The first kappa shape index (κ1) is 14.5. The number of hydrogen-bond donors (Lipinski definition) is 1. The molecule has 1 aromatic rings. The maximum absolute atomic E-state index is 11.9. The first-order valence-corrected chi connectivity index (χ1v) is 7.09. The number of carbonyl (C=O) groups excluding carboxylic acids is 1. The van der Waals surface area contributed by atoms with Gasteiger partial charge in [0.25, 0.3) is 0 Å². The molecule has 0 fully saturated rings. The van der Waals surface area contributed by atoms with Gasteiger partial charge in [-0.3, -0.25) is 4.79 Å². The van der Waals surface area contributed by atoms with Gasteiger partial charge in [0, 0.05) is 24.4 Å². The minimum atomic E-state index is 0.193. The largest absolute Gasteiger partial charge is 0.338 e. The Bertz CT molecular complexity index is 354. The van der Waals surface area contributed by atoms with Gasteiger partial charge in [0.05, 0.1) is 10.9 Å². The lowest BCUT2D eigenvalue weighted by Gasteiger charge is -2.20. The van der Waals surface area contributed by atoms with Crippen molar-refractivity contribution in [1.29, 1.82) is 0 Å². The Balaban J connectivity index is 2.44. The van der Waals surface area contributed by atoms with Crippen LogP contribution >= 0.6 is 22.9 Å². The van der Waals surface area contributed by atoms with Crippen molar-refractivity contribution in [2.75, 3.05) is 19.6 Å². The van der Waals surface area contributed by atoms with Crippen LogP contribution in [0.25, 0.3) is 0 Å². The van der Waals surface area contributed by atoms with E-state index in [1.165, 1.54) is 11.3 Å². The fourth-order valence-corrected chi connectivity index (χ4v) is 2.63. The summed E-state index contributed by atoms with van der Waals surface area (Å²) in [5.74, 6) is 0.193. The SMILES string of the molecule is CCNCCC(=O)N(CC)Cc1ccc(Cl)s1. The summed E-state index contributed by atoms with van der Waals surface area (Å²) in [5.41, 5.74) is 0. The highest BCUT2D eigenvalue weighted by Gasteiger charge is 2.12. The Labute approximate surface area is 112 Å². The molecule has 1 rings (SSSR count). The summed E-state index contributed by atoms with van der Waals surface area (Å²) in [6, 6.07) is 3.85. The van der Waals surface area contributed by atoms with Crippen LogP contribution < -0.4 is 5.32 Å². The van der Waals surface area contributed by atoms with E-state index >= 15 is 0 Å². The third-order valence-corrected chi connectivity index (χ3v) is 3.69. The molecule has 5 heteroatoms. The summed E-state index contributed by atoms with van der Waals surface area (Å²) in [5, 5.41) is 3.16. The Morgan fingerprint density at radius 3 is 2.76 bits per heavy atom. The summed E-state index contributed by atoms with van der Waals surface area (Å²) >= 11 is 7.41. The standard InChI is InChI=1S/C12H19ClN2OS/c1-3-14-8-7-12(16)15(4-2)9-10-5-6-11(13)17-10/h5-6,14H,3-4,7-9H2,1-2H3. The first-order chi connectivity index (χ1) is 8.17. The van der Waals surface area contributed by atoms with E-state index in [1.54, 1.807) is 0 Å². The molecule has 0 aliphatic rings. The molecule has 0 unspecified atom stereocenters. The zero-order chi connectivity index (χ0) is 12.7. The van der Waals surface area contributed by atoms with E-state index in [0.717, 1.165) is 28.8 Å². The highest BCUT2D eigenvalue weighted by atomic mass is 35.5. The van der Waals surface area contributed by atoms with Crippen molar-refractivity contribution >= 4 is 28.8 Å². The molecular weight excluding hydrogens is 256 g/mol. The Hall–Kier alpha value is -0.580. The summed E-state index contributed by atoms with van der Waals surface area (Å²) in [7, 11) is 0. The molecule has 1 aromatic heterocycles. The summed E-state index contributed by atoms with van der Waals surface area (Å²) in [4.78, 5) is 14.9. The van der Waals surface area contributed by atoms with Gasteiger partial charge in [0.2, 0.25) is 5.91 Å². The van der Waals surface area contributed by atoms with Gasteiger partial charge in [-0.15, -0.1) is 11.3 Å². The van der Waals surface area contributed by atoms with Crippen LogP contribution in [0, 0.1) is 0 Å². The zero-order valence-electron chi connectivity index (χ0n) is 10.3. The summed E-state index contributed by atoms with van der Waals surface area (Å²) < 4.78 is 0.774. The zero-order valence-corrected chi connectivity index (χ0v) is 11.9. The van der Waals surface area contributed by atoms with Crippen LogP contribution in [0.15, 0.2) is 12.1 Å². The molecule has 0 saturated carbocycles. The molecule has 0 aromatic carbocycles. The molecule has 96 valence electrons. The Kier molecular flexibility index (Phi) is 6.55. The number of rotatable bonds is 7. The predicted octanol–water partition coefficient (Wildman–Crippen LogP) is 2.75. The van der Waals surface area contributed by atoms with Crippen molar-refractivity contribution < 1.29 is 4.79 Å². The predicted molar refractivity (Wildman–Crippen MR) is 73.6 cm³/mol. The van der Waals surface area contributed by atoms with Crippen molar-refractivity contribution in [1.82, 2.24) is 10.2 Å². The van der Waals surface area contributed by atoms with Crippen LogP contribution in [0.4, 0.5) is 0 Å². The van der Waals surface area contributed by atoms with E-state index in [9.17, 15) is 4.79 Å². The lowest BCUT2D eigenvalue weighted by molar-refractivity contribution is -0.131. The normalized spacial score (nSPS) is 10.5. The van der Waals surface area contributed by atoms with Crippen molar-refractivity contribution in [2.45, 2.75) is 26.8 Å². The van der Waals surface area contributed by atoms with Crippen molar-refractivity contribution in [3.8, 4) is 0 Å². The topological polar surface area (TPSA) is 32.3 Å². The maximum atomic E-state index is 11.9. The van der Waals surface area contributed by atoms with Gasteiger partial charge in [0.1, 0.15) is 0 Å². The van der Waals surface area contributed by atoms with Crippen LogP contribution in [0.3, 0.4) is 0 Å². The van der Waals surface area contributed by atoms with Crippen LogP contribution in [0.1, 0.15) is 25.1 Å². The van der Waals surface area contributed by atoms with Crippen LogP contribution in [-0.4, -0.2) is 30.4 Å². The highest BCUT2D eigenvalue weighted by Crippen LogP contribution is 2.22. The molecule has 0 radical (unpaired) electrons. The van der Waals surface area contributed by atoms with E-state index in [0.29, 0.717) is 13.0 Å². The number of nitrogens with one attached hydrogen (secondary N) is 1. The molecule has 0 aliphatic carbocycles. The molecule has 17 heavy (non-hydrogen) atoms. The maximum Gasteiger partial charge on any atom is 0.224 e. The molecule has 1 amide bonds. The average Bonchev–Trinajstić information content (AvgIpc) is 2.72. The minimum Gasteiger partial charge on any atom is -0.338 e. The molecule has 0 spiro atoms. The van der Waals surface area contributed by atoms with E-state index in [4.69, 9.17) is 11.6 Å². The third-order valence-electron chi connectivity index (χ3n) is 2.48. The smallest absolute Gasteiger partial charge is 0.224 e. The van der Waals surface area contributed by atoms with E-state index in [2.05, 4.69) is 5.32 Å². The van der Waals surface area contributed by atoms with E-state index < -0.39 is 0 Å². The van der Waals surface area contributed by atoms with Gasteiger partial charge in [-0.05, 0) is 25.6 Å². The number of hydrogen-bond acceptors (Lipinski definition) is 3. The molecule has 0 bridgehead atoms.